The van der Waals surface area contributed by atoms with Gasteiger partial charge in [0, 0.05) is 34.9 Å². The van der Waals surface area contributed by atoms with Gasteiger partial charge in [-0.05, 0) is 17.7 Å². The molecule has 0 amide bonds. The van der Waals surface area contributed by atoms with Gasteiger partial charge in [-0.1, -0.05) is 30.7 Å². The number of imidazole rings is 1. The Kier molecular flexibility index (Phi) is 4.18. The van der Waals surface area contributed by atoms with Crippen molar-refractivity contribution in [2.75, 3.05) is 0 Å². The van der Waals surface area contributed by atoms with Gasteiger partial charge in [-0.15, -0.1) is 0 Å². The molecule has 0 spiro atoms. The van der Waals surface area contributed by atoms with Crippen LogP contribution in [0.2, 0.25) is 5.02 Å². The molecule has 0 saturated carbocycles. The van der Waals surface area contributed by atoms with Crippen molar-refractivity contribution in [2.45, 2.75) is 24.9 Å². The van der Waals surface area contributed by atoms with E-state index in [0.717, 1.165) is 5.56 Å². The fourth-order valence-corrected chi connectivity index (χ4v) is 2.57. The molecule has 19 heavy (non-hydrogen) atoms. The molecule has 1 heterocycles. The Hall–Kier alpha value is -1.04. The molecule has 0 aliphatic rings. The highest BCUT2D eigenvalue weighted by atomic mass is 35.7. The van der Waals surface area contributed by atoms with E-state index >= 15 is 0 Å². The third-order valence-corrected chi connectivity index (χ3v) is 4.09. The highest BCUT2D eigenvalue weighted by molar-refractivity contribution is 8.13. The Labute approximate surface area is 121 Å². The molecule has 7 heteroatoms. The summed E-state index contributed by atoms with van der Waals surface area (Å²) in [5.74, 6) is 0.675. The Morgan fingerprint density at radius 3 is 2.42 bits per heavy atom. The molecule has 0 fully saturated rings. The Balaban J connectivity index is 2.34. The van der Waals surface area contributed by atoms with Crippen LogP contribution in [0, 0.1) is 0 Å². The minimum Gasteiger partial charge on any atom is -0.329 e. The summed E-state index contributed by atoms with van der Waals surface area (Å²) >= 11 is 5.82. The van der Waals surface area contributed by atoms with Crippen LogP contribution in [-0.4, -0.2) is 18.0 Å². The largest absolute Gasteiger partial charge is 0.329 e. The molecule has 1 aromatic carbocycles. The van der Waals surface area contributed by atoms with E-state index in [2.05, 4.69) is 4.98 Å². The zero-order valence-electron chi connectivity index (χ0n) is 10.2. The summed E-state index contributed by atoms with van der Waals surface area (Å²) in [5.41, 5.74) is 1.01. The standard InChI is InChI=1S/C12H12Cl2N2O2S/c1-2-11-15-12(19(14,17)18)8-16(11)7-9-3-5-10(13)6-4-9/h3-6,8H,2,7H2,1H3. The third-order valence-electron chi connectivity index (χ3n) is 2.67. The Morgan fingerprint density at radius 1 is 1.26 bits per heavy atom. The van der Waals surface area contributed by atoms with Crippen LogP contribution in [-0.2, 0) is 22.0 Å². The van der Waals surface area contributed by atoms with Gasteiger partial charge in [0.15, 0.2) is 5.03 Å². The van der Waals surface area contributed by atoms with E-state index in [1.54, 1.807) is 16.7 Å². The van der Waals surface area contributed by atoms with Gasteiger partial charge in [0.2, 0.25) is 0 Å². The lowest BCUT2D eigenvalue weighted by Gasteiger charge is -2.06. The van der Waals surface area contributed by atoms with E-state index in [1.165, 1.54) is 6.20 Å². The van der Waals surface area contributed by atoms with Crippen molar-refractivity contribution in [3.63, 3.8) is 0 Å². The average molecular weight is 319 g/mol. The number of hydrogen-bond donors (Lipinski definition) is 0. The van der Waals surface area contributed by atoms with Crippen molar-refractivity contribution in [3.8, 4) is 0 Å². The first-order chi connectivity index (χ1) is 8.90. The van der Waals surface area contributed by atoms with Crippen LogP contribution in [0.5, 0.6) is 0 Å². The summed E-state index contributed by atoms with van der Waals surface area (Å²) in [5, 5.41) is 0.550. The molecular formula is C12H12Cl2N2O2S. The van der Waals surface area contributed by atoms with E-state index in [0.29, 0.717) is 23.8 Å². The number of benzene rings is 1. The SMILES string of the molecule is CCc1nc(S(=O)(=O)Cl)cn1Cc1ccc(Cl)cc1. The molecule has 0 radical (unpaired) electrons. The van der Waals surface area contributed by atoms with Gasteiger partial charge in [0.25, 0.3) is 9.05 Å². The summed E-state index contributed by atoms with van der Waals surface area (Å²) < 4.78 is 24.3. The van der Waals surface area contributed by atoms with Crippen molar-refractivity contribution < 1.29 is 8.42 Å². The Morgan fingerprint density at radius 2 is 1.89 bits per heavy atom. The molecule has 0 N–H and O–H groups in total. The van der Waals surface area contributed by atoms with Crippen LogP contribution < -0.4 is 0 Å². The fourth-order valence-electron chi connectivity index (χ4n) is 1.75. The molecule has 1 aromatic heterocycles. The summed E-state index contributed by atoms with van der Waals surface area (Å²) in [7, 11) is 1.51. The second kappa shape index (κ2) is 5.53. The van der Waals surface area contributed by atoms with Crippen LogP contribution in [0.3, 0.4) is 0 Å². The van der Waals surface area contributed by atoms with Crippen LogP contribution in [0.15, 0.2) is 35.5 Å². The van der Waals surface area contributed by atoms with Crippen LogP contribution in [0.4, 0.5) is 0 Å². The van der Waals surface area contributed by atoms with Crippen molar-refractivity contribution >= 4 is 31.3 Å². The van der Waals surface area contributed by atoms with Gasteiger partial charge >= 0.3 is 0 Å². The molecule has 0 atom stereocenters. The first-order valence-corrected chi connectivity index (χ1v) is 8.34. The van der Waals surface area contributed by atoms with Crippen molar-refractivity contribution in [2.24, 2.45) is 0 Å². The van der Waals surface area contributed by atoms with E-state index in [4.69, 9.17) is 22.3 Å². The lowest BCUT2D eigenvalue weighted by molar-refractivity contribution is 0.606. The second-order valence-corrected chi connectivity index (χ2v) is 6.99. The summed E-state index contributed by atoms with van der Waals surface area (Å²) in [6.07, 6.45) is 2.08. The van der Waals surface area contributed by atoms with E-state index < -0.39 is 9.05 Å². The van der Waals surface area contributed by atoms with Crippen LogP contribution >= 0.6 is 22.3 Å². The van der Waals surface area contributed by atoms with Crippen LogP contribution in [0.1, 0.15) is 18.3 Å². The fraction of sp³-hybridized carbons (Fsp3) is 0.250. The highest BCUT2D eigenvalue weighted by Gasteiger charge is 2.17. The number of halogens is 2. The quantitative estimate of drug-likeness (QED) is 0.814. The zero-order chi connectivity index (χ0) is 14.0. The van der Waals surface area contributed by atoms with Gasteiger partial charge in [-0.3, -0.25) is 0 Å². The maximum atomic E-state index is 11.3. The summed E-state index contributed by atoms with van der Waals surface area (Å²) in [4.78, 5) is 4.03. The van der Waals surface area contributed by atoms with Gasteiger partial charge in [0.05, 0.1) is 0 Å². The minimum atomic E-state index is -3.79. The molecule has 2 aromatic rings. The number of hydrogen-bond acceptors (Lipinski definition) is 3. The van der Waals surface area contributed by atoms with E-state index in [1.807, 2.05) is 19.1 Å². The van der Waals surface area contributed by atoms with Gasteiger partial charge in [0.1, 0.15) is 5.82 Å². The lowest BCUT2D eigenvalue weighted by Crippen LogP contribution is -2.02. The van der Waals surface area contributed by atoms with Gasteiger partial charge < -0.3 is 4.57 Å². The molecule has 4 nitrogen and oxygen atoms in total. The summed E-state index contributed by atoms with van der Waals surface area (Å²) in [6, 6.07) is 7.35. The molecule has 0 aliphatic heterocycles. The number of nitrogens with zero attached hydrogens (tertiary/aromatic N) is 2. The average Bonchev–Trinajstić information content (AvgIpc) is 2.75. The highest BCUT2D eigenvalue weighted by Crippen LogP contribution is 2.17. The predicted molar refractivity (Wildman–Crippen MR) is 75.2 cm³/mol. The molecule has 0 unspecified atom stereocenters. The van der Waals surface area contributed by atoms with Gasteiger partial charge in [-0.25, -0.2) is 13.4 Å². The first-order valence-electron chi connectivity index (χ1n) is 5.65. The van der Waals surface area contributed by atoms with E-state index in [9.17, 15) is 8.42 Å². The topological polar surface area (TPSA) is 52.0 Å². The van der Waals surface area contributed by atoms with Crippen molar-refractivity contribution in [3.05, 3.63) is 46.9 Å². The molecule has 0 saturated heterocycles. The smallest absolute Gasteiger partial charge is 0.280 e. The van der Waals surface area contributed by atoms with Crippen molar-refractivity contribution in [1.29, 1.82) is 0 Å². The summed E-state index contributed by atoms with van der Waals surface area (Å²) in [6.45, 7) is 2.44. The molecule has 0 bridgehead atoms. The number of aromatic nitrogens is 2. The maximum absolute atomic E-state index is 11.3. The van der Waals surface area contributed by atoms with Gasteiger partial charge in [-0.2, -0.15) is 0 Å². The first kappa shape index (κ1) is 14.4. The number of aryl methyl sites for hydroxylation is 1. The van der Waals surface area contributed by atoms with Crippen molar-refractivity contribution in [1.82, 2.24) is 9.55 Å². The lowest BCUT2D eigenvalue weighted by atomic mass is 10.2. The predicted octanol–water partition coefficient (Wildman–Crippen LogP) is 3.07. The molecular weight excluding hydrogens is 307 g/mol. The molecule has 0 aliphatic carbocycles. The molecule has 102 valence electrons. The Bertz CT molecular complexity index is 678. The third kappa shape index (κ3) is 3.49. The molecule has 2 rings (SSSR count). The van der Waals surface area contributed by atoms with Crippen LogP contribution in [0.25, 0.3) is 0 Å². The normalized spacial score (nSPS) is 11.7. The maximum Gasteiger partial charge on any atom is 0.280 e. The zero-order valence-corrected chi connectivity index (χ0v) is 12.5. The van der Waals surface area contributed by atoms with E-state index in [-0.39, 0.29) is 5.03 Å². The second-order valence-electron chi connectivity index (χ2n) is 4.04. The monoisotopic (exact) mass is 318 g/mol. The minimum absolute atomic E-state index is 0.111. The number of rotatable bonds is 4.